The first kappa shape index (κ1) is 14.9. The summed E-state index contributed by atoms with van der Waals surface area (Å²) in [5.41, 5.74) is 2.63. The van der Waals surface area contributed by atoms with Crippen LogP contribution in [0, 0.1) is 12.7 Å². The quantitative estimate of drug-likeness (QED) is 0.753. The Morgan fingerprint density at radius 2 is 1.91 bits per heavy atom. The van der Waals surface area contributed by atoms with Gasteiger partial charge in [-0.2, -0.15) is 4.98 Å². The van der Waals surface area contributed by atoms with Crippen molar-refractivity contribution < 1.29 is 4.39 Å². The maximum Gasteiger partial charge on any atom is 0.229 e. The highest BCUT2D eigenvalue weighted by molar-refractivity contribution is 5.55. The molecular weight excluding hydrogens is 293 g/mol. The normalized spacial score (nSPS) is 10.3. The standard InChI is InChI=1S/C17H16FN5/c1-12-9-16(20-11-13-3-2-8-19-10-13)23-17(21-12)22-15-6-4-14(18)5-7-15/h2-10H,11H2,1H3,(H2,20,21,22,23). The van der Waals surface area contributed by atoms with E-state index in [-0.39, 0.29) is 5.82 Å². The first-order valence-corrected chi connectivity index (χ1v) is 7.20. The lowest BCUT2D eigenvalue weighted by Gasteiger charge is -2.10. The zero-order valence-electron chi connectivity index (χ0n) is 12.6. The third-order valence-corrected chi connectivity index (χ3v) is 3.15. The summed E-state index contributed by atoms with van der Waals surface area (Å²) < 4.78 is 12.9. The molecule has 0 atom stereocenters. The summed E-state index contributed by atoms with van der Waals surface area (Å²) in [5.74, 6) is 0.899. The Morgan fingerprint density at radius 1 is 1.09 bits per heavy atom. The molecule has 0 spiro atoms. The number of nitrogens with one attached hydrogen (secondary N) is 2. The number of hydrogen-bond donors (Lipinski definition) is 2. The van der Waals surface area contributed by atoms with Crippen molar-refractivity contribution in [2.75, 3.05) is 10.6 Å². The van der Waals surface area contributed by atoms with Crippen LogP contribution in [0.15, 0.2) is 54.9 Å². The second-order valence-corrected chi connectivity index (χ2v) is 5.06. The molecule has 23 heavy (non-hydrogen) atoms. The monoisotopic (exact) mass is 309 g/mol. The highest BCUT2D eigenvalue weighted by Crippen LogP contribution is 2.16. The Bertz CT molecular complexity index is 775. The Hall–Kier alpha value is -3.02. The summed E-state index contributed by atoms with van der Waals surface area (Å²) in [5, 5.41) is 6.32. The molecule has 0 aliphatic heterocycles. The summed E-state index contributed by atoms with van der Waals surface area (Å²) in [6, 6.07) is 11.8. The molecule has 3 aromatic rings. The number of anilines is 3. The predicted octanol–water partition coefficient (Wildman–Crippen LogP) is 3.67. The van der Waals surface area contributed by atoms with Crippen molar-refractivity contribution in [1.82, 2.24) is 15.0 Å². The van der Waals surface area contributed by atoms with Crippen molar-refractivity contribution in [1.29, 1.82) is 0 Å². The molecule has 0 bridgehead atoms. The van der Waals surface area contributed by atoms with Gasteiger partial charge in [0.25, 0.3) is 0 Å². The average molecular weight is 309 g/mol. The van der Waals surface area contributed by atoms with Gasteiger partial charge < -0.3 is 10.6 Å². The lowest BCUT2D eigenvalue weighted by Crippen LogP contribution is -2.05. The molecule has 0 saturated carbocycles. The van der Waals surface area contributed by atoms with Crippen LogP contribution in [-0.4, -0.2) is 15.0 Å². The van der Waals surface area contributed by atoms with Gasteiger partial charge in [-0.3, -0.25) is 4.98 Å². The molecule has 0 fully saturated rings. The van der Waals surface area contributed by atoms with Crippen LogP contribution in [-0.2, 0) is 6.54 Å². The molecule has 3 rings (SSSR count). The summed E-state index contributed by atoms with van der Waals surface area (Å²) in [6.45, 7) is 2.52. The van der Waals surface area contributed by atoms with E-state index in [4.69, 9.17) is 0 Å². The molecule has 0 radical (unpaired) electrons. The first-order chi connectivity index (χ1) is 11.2. The number of rotatable bonds is 5. The van der Waals surface area contributed by atoms with Crippen LogP contribution in [0.4, 0.5) is 21.8 Å². The van der Waals surface area contributed by atoms with Gasteiger partial charge in [-0.05, 0) is 42.8 Å². The fourth-order valence-corrected chi connectivity index (χ4v) is 2.07. The topological polar surface area (TPSA) is 62.7 Å². The number of nitrogens with zero attached hydrogens (tertiary/aromatic N) is 3. The van der Waals surface area contributed by atoms with Gasteiger partial charge in [-0.1, -0.05) is 6.07 Å². The molecule has 0 saturated heterocycles. The van der Waals surface area contributed by atoms with E-state index in [1.807, 2.05) is 25.1 Å². The minimum absolute atomic E-state index is 0.278. The summed E-state index contributed by atoms with van der Waals surface area (Å²) in [6.07, 6.45) is 3.54. The number of aryl methyl sites for hydroxylation is 1. The smallest absolute Gasteiger partial charge is 0.229 e. The van der Waals surface area contributed by atoms with Gasteiger partial charge in [0.2, 0.25) is 5.95 Å². The van der Waals surface area contributed by atoms with Crippen molar-refractivity contribution in [2.24, 2.45) is 0 Å². The molecule has 0 aliphatic carbocycles. The molecule has 2 heterocycles. The van der Waals surface area contributed by atoms with Gasteiger partial charge in [0.15, 0.2) is 0 Å². The highest BCUT2D eigenvalue weighted by atomic mass is 19.1. The minimum Gasteiger partial charge on any atom is -0.366 e. The molecule has 6 heteroatoms. The van der Waals surface area contributed by atoms with Crippen LogP contribution < -0.4 is 10.6 Å². The Labute approximate surface area is 133 Å². The van der Waals surface area contributed by atoms with Crippen molar-refractivity contribution >= 4 is 17.5 Å². The van der Waals surface area contributed by atoms with Crippen molar-refractivity contribution in [3.05, 3.63) is 71.9 Å². The van der Waals surface area contributed by atoms with E-state index < -0.39 is 0 Å². The van der Waals surface area contributed by atoms with Crippen molar-refractivity contribution in [3.8, 4) is 0 Å². The van der Waals surface area contributed by atoms with Gasteiger partial charge in [0.05, 0.1) is 0 Å². The largest absolute Gasteiger partial charge is 0.366 e. The third-order valence-electron chi connectivity index (χ3n) is 3.15. The van der Waals surface area contributed by atoms with Crippen LogP contribution in [0.5, 0.6) is 0 Å². The van der Waals surface area contributed by atoms with Gasteiger partial charge in [-0.25, -0.2) is 9.37 Å². The molecule has 5 nitrogen and oxygen atoms in total. The second kappa shape index (κ2) is 6.83. The van der Waals surface area contributed by atoms with Gasteiger partial charge >= 0.3 is 0 Å². The number of pyridine rings is 1. The van der Waals surface area contributed by atoms with E-state index in [2.05, 4.69) is 25.6 Å². The lowest BCUT2D eigenvalue weighted by atomic mass is 10.3. The van der Waals surface area contributed by atoms with E-state index in [9.17, 15) is 4.39 Å². The maximum atomic E-state index is 12.9. The molecule has 0 amide bonds. The van der Waals surface area contributed by atoms with Crippen molar-refractivity contribution in [2.45, 2.75) is 13.5 Å². The Balaban J connectivity index is 1.72. The van der Waals surface area contributed by atoms with Gasteiger partial charge in [0.1, 0.15) is 11.6 Å². The minimum atomic E-state index is -0.278. The molecule has 0 unspecified atom stereocenters. The molecule has 0 aliphatic rings. The first-order valence-electron chi connectivity index (χ1n) is 7.20. The number of benzene rings is 1. The van der Waals surface area contributed by atoms with E-state index >= 15 is 0 Å². The van der Waals surface area contributed by atoms with Gasteiger partial charge in [-0.15, -0.1) is 0 Å². The maximum absolute atomic E-state index is 12.9. The summed E-state index contributed by atoms with van der Waals surface area (Å²) in [7, 11) is 0. The fourth-order valence-electron chi connectivity index (χ4n) is 2.07. The van der Waals surface area contributed by atoms with Crippen molar-refractivity contribution in [3.63, 3.8) is 0 Å². The third kappa shape index (κ3) is 4.23. The zero-order chi connectivity index (χ0) is 16.1. The zero-order valence-corrected chi connectivity index (χ0v) is 12.6. The molecular formula is C17H16FN5. The Kier molecular flexibility index (Phi) is 4.42. The average Bonchev–Trinajstić information content (AvgIpc) is 2.56. The number of hydrogen-bond acceptors (Lipinski definition) is 5. The van der Waals surface area contributed by atoms with Crippen LogP contribution in [0.3, 0.4) is 0 Å². The van der Waals surface area contributed by atoms with Crippen LogP contribution in [0.25, 0.3) is 0 Å². The predicted molar refractivity (Wildman–Crippen MR) is 88.0 cm³/mol. The van der Waals surface area contributed by atoms with Crippen LogP contribution in [0.1, 0.15) is 11.3 Å². The molecule has 116 valence electrons. The van der Waals surface area contributed by atoms with E-state index in [0.717, 1.165) is 16.9 Å². The van der Waals surface area contributed by atoms with Gasteiger partial charge in [0, 0.05) is 36.4 Å². The SMILES string of the molecule is Cc1cc(NCc2cccnc2)nc(Nc2ccc(F)cc2)n1. The van der Waals surface area contributed by atoms with E-state index in [1.54, 1.807) is 24.5 Å². The molecule has 1 aromatic carbocycles. The fraction of sp³-hybridized carbons (Fsp3) is 0.118. The summed E-state index contributed by atoms with van der Waals surface area (Å²) in [4.78, 5) is 12.8. The number of halogens is 1. The second-order valence-electron chi connectivity index (χ2n) is 5.06. The Morgan fingerprint density at radius 3 is 2.65 bits per heavy atom. The van der Waals surface area contributed by atoms with Crippen LogP contribution >= 0.6 is 0 Å². The molecule has 2 aromatic heterocycles. The van der Waals surface area contributed by atoms with E-state index in [0.29, 0.717) is 18.3 Å². The van der Waals surface area contributed by atoms with E-state index in [1.165, 1.54) is 12.1 Å². The van der Waals surface area contributed by atoms with Crippen LogP contribution in [0.2, 0.25) is 0 Å². The lowest BCUT2D eigenvalue weighted by molar-refractivity contribution is 0.628. The molecule has 2 N–H and O–H groups in total. The summed E-state index contributed by atoms with van der Waals surface area (Å²) >= 11 is 0. The number of aromatic nitrogens is 3. The highest BCUT2D eigenvalue weighted by Gasteiger charge is 2.03.